The smallest absolute Gasteiger partial charge is 0.123 e. The van der Waals surface area contributed by atoms with Crippen molar-refractivity contribution >= 4 is 11.4 Å². The molecule has 2 aromatic rings. The van der Waals surface area contributed by atoms with Gasteiger partial charge in [0, 0.05) is 31.4 Å². The van der Waals surface area contributed by atoms with E-state index in [-0.39, 0.29) is 0 Å². The van der Waals surface area contributed by atoms with Gasteiger partial charge in [-0.25, -0.2) is 0 Å². The number of nitrogens with zero attached hydrogens (tertiary/aromatic N) is 1. The van der Waals surface area contributed by atoms with Crippen molar-refractivity contribution in [2.45, 2.75) is 32.7 Å². The first-order valence-electron chi connectivity index (χ1n) is 7.65. The van der Waals surface area contributed by atoms with Gasteiger partial charge in [-0.2, -0.15) is 0 Å². The quantitative estimate of drug-likeness (QED) is 0.882. The molecule has 1 aromatic heterocycles. The van der Waals surface area contributed by atoms with Crippen LogP contribution in [0.15, 0.2) is 34.7 Å². The normalized spacial score (nSPS) is 20.4. The number of anilines is 2. The molecule has 1 aliphatic rings. The van der Waals surface area contributed by atoms with Gasteiger partial charge >= 0.3 is 0 Å². The van der Waals surface area contributed by atoms with Crippen LogP contribution in [0, 0.1) is 12.8 Å². The van der Waals surface area contributed by atoms with E-state index in [9.17, 15) is 0 Å². The standard InChI is InChI=1S/C18H24N2O/c1-12-10-16(12)18-8-6-15(21-18)11-19-17-7-5-14(20(3)4)9-13(17)2/h5-9,12,16,19H,10-11H2,1-4H3. The van der Waals surface area contributed by atoms with Gasteiger partial charge in [0.15, 0.2) is 0 Å². The minimum Gasteiger partial charge on any atom is -0.464 e. The van der Waals surface area contributed by atoms with Gasteiger partial charge in [-0.3, -0.25) is 0 Å². The highest BCUT2D eigenvalue weighted by molar-refractivity contribution is 5.59. The Hall–Kier alpha value is -1.90. The summed E-state index contributed by atoms with van der Waals surface area (Å²) in [5, 5.41) is 3.47. The van der Waals surface area contributed by atoms with Gasteiger partial charge in [0.1, 0.15) is 11.5 Å². The van der Waals surface area contributed by atoms with Crippen LogP contribution in [0.3, 0.4) is 0 Å². The van der Waals surface area contributed by atoms with Crippen molar-refractivity contribution < 1.29 is 4.42 Å². The Morgan fingerprint density at radius 1 is 1.24 bits per heavy atom. The third kappa shape index (κ3) is 3.07. The van der Waals surface area contributed by atoms with Crippen LogP contribution in [0.5, 0.6) is 0 Å². The van der Waals surface area contributed by atoms with E-state index in [2.05, 4.69) is 68.5 Å². The Labute approximate surface area is 127 Å². The van der Waals surface area contributed by atoms with Gasteiger partial charge in [-0.15, -0.1) is 0 Å². The molecule has 0 bridgehead atoms. The van der Waals surface area contributed by atoms with E-state index >= 15 is 0 Å². The second-order valence-electron chi connectivity index (χ2n) is 6.37. The molecule has 3 rings (SSSR count). The SMILES string of the molecule is Cc1cc(N(C)C)ccc1NCc1ccc(C2CC2C)o1. The van der Waals surface area contributed by atoms with Crippen molar-refractivity contribution in [1.29, 1.82) is 0 Å². The molecule has 1 aliphatic carbocycles. The molecular weight excluding hydrogens is 260 g/mol. The van der Waals surface area contributed by atoms with E-state index in [0.717, 1.165) is 24.0 Å². The van der Waals surface area contributed by atoms with E-state index in [4.69, 9.17) is 4.42 Å². The molecule has 1 heterocycles. The molecule has 0 radical (unpaired) electrons. The van der Waals surface area contributed by atoms with Gasteiger partial charge in [0.25, 0.3) is 0 Å². The lowest BCUT2D eigenvalue weighted by Crippen LogP contribution is -2.09. The first-order chi connectivity index (χ1) is 10.0. The Balaban J connectivity index is 1.63. The lowest BCUT2D eigenvalue weighted by Gasteiger charge is -2.15. The van der Waals surface area contributed by atoms with Gasteiger partial charge in [0.05, 0.1) is 6.54 Å². The van der Waals surface area contributed by atoms with Crippen molar-refractivity contribution in [2.24, 2.45) is 5.92 Å². The van der Waals surface area contributed by atoms with Crippen LogP contribution in [0.4, 0.5) is 11.4 Å². The predicted octanol–water partition coefficient (Wildman–Crippen LogP) is 4.39. The van der Waals surface area contributed by atoms with Crippen LogP contribution in [0.1, 0.15) is 36.3 Å². The van der Waals surface area contributed by atoms with Gasteiger partial charge in [-0.1, -0.05) is 6.92 Å². The Kier molecular flexibility index (Phi) is 3.66. The molecule has 1 saturated carbocycles. The Morgan fingerprint density at radius 3 is 2.62 bits per heavy atom. The largest absolute Gasteiger partial charge is 0.464 e. The number of furan rings is 1. The minimum absolute atomic E-state index is 0.653. The summed E-state index contributed by atoms with van der Waals surface area (Å²) in [6, 6.07) is 10.7. The topological polar surface area (TPSA) is 28.4 Å². The Morgan fingerprint density at radius 2 is 2.00 bits per heavy atom. The number of nitrogens with one attached hydrogen (secondary N) is 1. The molecule has 21 heavy (non-hydrogen) atoms. The molecule has 3 heteroatoms. The average Bonchev–Trinajstić information content (AvgIpc) is 3.00. The van der Waals surface area contributed by atoms with Crippen LogP contribution in [-0.4, -0.2) is 14.1 Å². The molecule has 0 aliphatic heterocycles. The summed E-state index contributed by atoms with van der Waals surface area (Å²) in [5.74, 6) is 3.61. The summed E-state index contributed by atoms with van der Waals surface area (Å²) in [4.78, 5) is 2.12. The highest BCUT2D eigenvalue weighted by Gasteiger charge is 2.36. The molecular formula is C18H24N2O. The maximum absolute atomic E-state index is 5.93. The van der Waals surface area contributed by atoms with Crippen molar-refractivity contribution in [3.8, 4) is 0 Å². The van der Waals surface area contributed by atoms with Crippen molar-refractivity contribution in [3.63, 3.8) is 0 Å². The summed E-state index contributed by atoms with van der Waals surface area (Å²) in [6.45, 7) is 5.15. The molecule has 2 atom stereocenters. The fourth-order valence-corrected chi connectivity index (χ4v) is 2.71. The molecule has 1 aromatic carbocycles. The van der Waals surface area contributed by atoms with E-state index in [1.165, 1.54) is 23.4 Å². The number of aryl methyl sites for hydroxylation is 1. The van der Waals surface area contributed by atoms with E-state index in [1.807, 2.05) is 0 Å². The number of benzene rings is 1. The molecule has 0 amide bonds. The molecule has 112 valence electrons. The summed E-state index contributed by atoms with van der Waals surface area (Å²) >= 11 is 0. The van der Waals surface area contributed by atoms with Gasteiger partial charge < -0.3 is 14.6 Å². The zero-order valence-electron chi connectivity index (χ0n) is 13.3. The van der Waals surface area contributed by atoms with Crippen molar-refractivity contribution in [3.05, 3.63) is 47.4 Å². The van der Waals surface area contributed by atoms with Crippen LogP contribution < -0.4 is 10.2 Å². The third-order valence-electron chi connectivity index (χ3n) is 4.34. The second kappa shape index (κ2) is 5.47. The molecule has 0 spiro atoms. The van der Waals surface area contributed by atoms with Crippen LogP contribution in [0.2, 0.25) is 0 Å². The summed E-state index contributed by atoms with van der Waals surface area (Å²) in [7, 11) is 4.12. The van der Waals surface area contributed by atoms with Crippen LogP contribution in [-0.2, 0) is 6.54 Å². The average molecular weight is 284 g/mol. The monoisotopic (exact) mass is 284 g/mol. The fraction of sp³-hybridized carbons (Fsp3) is 0.444. The first-order valence-corrected chi connectivity index (χ1v) is 7.65. The maximum atomic E-state index is 5.93. The second-order valence-corrected chi connectivity index (χ2v) is 6.37. The molecule has 1 N–H and O–H groups in total. The summed E-state index contributed by atoms with van der Waals surface area (Å²) < 4.78 is 5.93. The number of hydrogen-bond acceptors (Lipinski definition) is 3. The first kappa shape index (κ1) is 14.1. The molecule has 3 nitrogen and oxygen atoms in total. The third-order valence-corrected chi connectivity index (χ3v) is 4.34. The zero-order valence-corrected chi connectivity index (χ0v) is 13.3. The molecule has 1 fully saturated rings. The molecule has 0 saturated heterocycles. The Bertz CT molecular complexity index is 630. The number of hydrogen-bond donors (Lipinski definition) is 1. The van der Waals surface area contributed by atoms with E-state index < -0.39 is 0 Å². The minimum atomic E-state index is 0.653. The summed E-state index contributed by atoms with van der Waals surface area (Å²) in [5.41, 5.74) is 3.64. The van der Waals surface area contributed by atoms with E-state index in [0.29, 0.717) is 5.92 Å². The maximum Gasteiger partial charge on any atom is 0.123 e. The van der Waals surface area contributed by atoms with E-state index in [1.54, 1.807) is 0 Å². The van der Waals surface area contributed by atoms with Crippen molar-refractivity contribution in [1.82, 2.24) is 0 Å². The lowest BCUT2D eigenvalue weighted by atomic mass is 10.1. The zero-order chi connectivity index (χ0) is 15.0. The highest BCUT2D eigenvalue weighted by Crippen LogP contribution is 2.47. The van der Waals surface area contributed by atoms with Gasteiger partial charge in [-0.05, 0) is 55.2 Å². The van der Waals surface area contributed by atoms with Crippen LogP contribution in [0.25, 0.3) is 0 Å². The van der Waals surface area contributed by atoms with Crippen LogP contribution >= 0.6 is 0 Å². The van der Waals surface area contributed by atoms with Crippen molar-refractivity contribution in [2.75, 3.05) is 24.3 Å². The highest BCUT2D eigenvalue weighted by atomic mass is 16.3. The number of rotatable bonds is 5. The lowest BCUT2D eigenvalue weighted by molar-refractivity contribution is 0.468. The molecule has 2 unspecified atom stereocenters. The summed E-state index contributed by atoms with van der Waals surface area (Å²) in [6.07, 6.45) is 1.27. The van der Waals surface area contributed by atoms with Gasteiger partial charge in [0.2, 0.25) is 0 Å². The fourth-order valence-electron chi connectivity index (χ4n) is 2.71. The predicted molar refractivity (Wildman–Crippen MR) is 88.1 cm³/mol.